The average Bonchev–Trinajstić information content (AvgIpc) is 2.59. The number of pyridine rings is 1. The molecular weight excluding hydrogens is 354 g/mol. The first-order valence-electron chi connectivity index (χ1n) is 7.09. The Kier molecular flexibility index (Phi) is 4.53. The van der Waals surface area contributed by atoms with E-state index in [0.29, 0.717) is 11.3 Å². The topological polar surface area (TPSA) is 39.2 Å². The zero-order chi connectivity index (χ0) is 16.2. The zero-order valence-corrected chi connectivity index (χ0v) is 14.1. The van der Waals surface area contributed by atoms with Gasteiger partial charge in [-0.05, 0) is 52.3 Å². The van der Waals surface area contributed by atoms with Crippen LogP contribution >= 0.6 is 15.9 Å². The lowest BCUT2D eigenvalue weighted by molar-refractivity contribution is 0.104. The van der Waals surface area contributed by atoms with Gasteiger partial charge in [-0.2, -0.15) is 0 Å². The number of allylic oxidation sites excluding steroid dienone is 1. The molecule has 0 spiro atoms. The van der Waals surface area contributed by atoms with E-state index in [2.05, 4.69) is 20.9 Å². The van der Waals surface area contributed by atoms with Crippen LogP contribution in [0.5, 0.6) is 5.75 Å². The van der Waals surface area contributed by atoms with E-state index in [9.17, 15) is 4.79 Å². The number of ketones is 1. The van der Waals surface area contributed by atoms with Crippen molar-refractivity contribution in [2.75, 3.05) is 7.11 Å². The maximum atomic E-state index is 12.3. The quantitative estimate of drug-likeness (QED) is 0.486. The SMILES string of the molecule is COc1ccc(C(=O)/C=C/c2cccc3cccnc23)cc1Br. The standard InChI is InChI=1S/C19H14BrNO2/c1-23-18-10-8-15(12-16(18)20)17(22)9-7-14-5-2-4-13-6-3-11-21-19(13)14/h2-12H,1H3/b9-7+. The first-order chi connectivity index (χ1) is 11.2. The molecular formula is C19H14BrNO2. The van der Waals surface area contributed by atoms with Crippen molar-refractivity contribution in [2.45, 2.75) is 0 Å². The third kappa shape index (κ3) is 3.32. The van der Waals surface area contributed by atoms with Crippen LogP contribution in [0.1, 0.15) is 15.9 Å². The van der Waals surface area contributed by atoms with Crippen LogP contribution in [0.3, 0.4) is 0 Å². The predicted octanol–water partition coefficient (Wildman–Crippen LogP) is 4.90. The van der Waals surface area contributed by atoms with Crippen LogP contribution in [0, 0.1) is 0 Å². The van der Waals surface area contributed by atoms with Gasteiger partial charge >= 0.3 is 0 Å². The normalized spacial score (nSPS) is 11.0. The summed E-state index contributed by atoms with van der Waals surface area (Å²) < 4.78 is 5.93. The molecule has 0 aliphatic carbocycles. The molecule has 0 saturated heterocycles. The van der Waals surface area contributed by atoms with E-state index >= 15 is 0 Å². The molecule has 0 aliphatic heterocycles. The van der Waals surface area contributed by atoms with E-state index < -0.39 is 0 Å². The fourth-order valence-corrected chi connectivity index (χ4v) is 2.88. The van der Waals surface area contributed by atoms with Crippen molar-refractivity contribution in [3.63, 3.8) is 0 Å². The Morgan fingerprint density at radius 3 is 2.78 bits per heavy atom. The van der Waals surface area contributed by atoms with Gasteiger partial charge in [-0.1, -0.05) is 24.3 Å². The highest BCUT2D eigenvalue weighted by Crippen LogP contribution is 2.26. The van der Waals surface area contributed by atoms with Crippen molar-refractivity contribution < 1.29 is 9.53 Å². The number of carbonyl (C=O) groups excluding carboxylic acids is 1. The van der Waals surface area contributed by atoms with E-state index in [1.165, 1.54) is 0 Å². The summed E-state index contributed by atoms with van der Waals surface area (Å²) in [5.74, 6) is 0.630. The highest BCUT2D eigenvalue weighted by atomic mass is 79.9. The number of aromatic nitrogens is 1. The lowest BCUT2D eigenvalue weighted by Gasteiger charge is -2.04. The van der Waals surface area contributed by atoms with Crippen molar-refractivity contribution in [2.24, 2.45) is 0 Å². The van der Waals surface area contributed by atoms with Crippen LogP contribution in [-0.2, 0) is 0 Å². The van der Waals surface area contributed by atoms with Gasteiger partial charge in [-0.15, -0.1) is 0 Å². The fraction of sp³-hybridized carbons (Fsp3) is 0.0526. The summed E-state index contributed by atoms with van der Waals surface area (Å²) in [5, 5.41) is 1.05. The monoisotopic (exact) mass is 367 g/mol. The number of hydrogen-bond acceptors (Lipinski definition) is 3. The van der Waals surface area contributed by atoms with E-state index in [0.717, 1.165) is 20.9 Å². The van der Waals surface area contributed by atoms with Crippen LogP contribution < -0.4 is 4.74 Å². The molecule has 0 bridgehead atoms. The van der Waals surface area contributed by atoms with Crippen molar-refractivity contribution >= 4 is 38.7 Å². The molecule has 23 heavy (non-hydrogen) atoms. The van der Waals surface area contributed by atoms with Gasteiger partial charge in [0.05, 0.1) is 17.1 Å². The number of benzene rings is 2. The lowest BCUT2D eigenvalue weighted by atomic mass is 10.1. The number of fused-ring (bicyclic) bond motifs is 1. The lowest BCUT2D eigenvalue weighted by Crippen LogP contribution is -1.95. The largest absolute Gasteiger partial charge is 0.496 e. The summed E-state index contributed by atoms with van der Waals surface area (Å²) in [6.07, 6.45) is 5.12. The van der Waals surface area contributed by atoms with Crippen LogP contribution in [-0.4, -0.2) is 17.9 Å². The Morgan fingerprint density at radius 1 is 1.17 bits per heavy atom. The summed E-state index contributed by atoms with van der Waals surface area (Å²) in [6, 6.07) is 15.1. The number of carbonyl (C=O) groups is 1. The fourth-order valence-electron chi connectivity index (χ4n) is 2.34. The molecule has 0 radical (unpaired) electrons. The zero-order valence-electron chi connectivity index (χ0n) is 12.5. The molecule has 0 aliphatic rings. The Hall–Kier alpha value is -2.46. The molecule has 0 unspecified atom stereocenters. The number of para-hydroxylation sites is 1. The minimum absolute atomic E-state index is 0.0683. The second kappa shape index (κ2) is 6.75. The molecule has 1 aromatic heterocycles. The number of halogens is 1. The van der Waals surface area contributed by atoms with Gasteiger partial charge in [0.15, 0.2) is 5.78 Å². The molecule has 2 aromatic carbocycles. The van der Waals surface area contributed by atoms with Crippen LogP contribution in [0.15, 0.2) is 65.3 Å². The average molecular weight is 368 g/mol. The van der Waals surface area contributed by atoms with Crippen LogP contribution in [0.2, 0.25) is 0 Å². The number of ether oxygens (including phenoxy) is 1. The number of nitrogens with zero attached hydrogens (tertiary/aromatic N) is 1. The van der Waals surface area contributed by atoms with E-state index in [-0.39, 0.29) is 5.78 Å². The second-order valence-electron chi connectivity index (χ2n) is 4.97. The molecule has 3 rings (SSSR count). The molecule has 3 nitrogen and oxygen atoms in total. The number of methoxy groups -OCH3 is 1. The van der Waals surface area contributed by atoms with Gasteiger partial charge in [-0.3, -0.25) is 9.78 Å². The molecule has 3 aromatic rings. The molecule has 0 saturated carbocycles. The molecule has 0 amide bonds. The summed E-state index contributed by atoms with van der Waals surface area (Å²) in [5.41, 5.74) is 2.40. The van der Waals surface area contributed by atoms with Crippen molar-refractivity contribution in [1.82, 2.24) is 4.98 Å². The molecule has 0 fully saturated rings. The van der Waals surface area contributed by atoms with Gasteiger partial charge in [0.25, 0.3) is 0 Å². The maximum Gasteiger partial charge on any atom is 0.185 e. The minimum atomic E-state index is -0.0683. The number of hydrogen-bond donors (Lipinski definition) is 0. The first kappa shape index (κ1) is 15.4. The Balaban J connectivity index is 1.89. The van der Waals surface area contributed by atoms with E-state index in [4.69, 9.17) is 4.74 Å². The van der Waals surface area contributed by atoms with Gasteiger partial charge < -0.3 is 4.74 Å². The van der Waals surface area contributed by atoms with Gasteiger partial charge in [0.2, 0.25) is 0 Å². The maximum absolute atomic E-state index is 12.3. The smallest absolute Gasteiger partial charge is 0.185 e. The summed E-state index contributed by atoms with van der Waals surface area (Å²) in [4.78, 5) is 16.7. The van der Waals surface area contributed by atoms with Crippen molar-refractivity contribution in [1.29, 1.82) is 0 Å². The minimum Gasteiger partial charge on any atom is -0.496 e. The van der Waals surface area contributed by atoms with E-state index in [1.54, 1.807) is 43.7 Å². The van der Waals surface area contributed by atoms with Crippen LogP contribution in [0.25, 0.3) is 17.0 Å². The first-order valence-corrected chi connectivity index (χ1v) is 7.88. The van der Waals surface area contributed by atoms with Gasteiger partial charge in [-0.25, -0.2) is 0 Å². The Morgan fingerprint density at radius 2 is 2.00 bits per heavy atom. The third-order valence-corrected chi connectivity index (χ3v) is 4.13. The molecule has 0 atom stereocenters. The third-order valence-electron chi connectivity index (χ3n) is 3.51. The molecule has 114 valence electrons. The van der Waals surface area contributed by atoms with Gasteiger partial charge in [0, 0.05) is 22.7 Å². The van der Waals surface area contributed by atoms with E-state index in [1.807, 2.05) is 30.3 Å². The van der Waals surface area contributed by atoms with Gasteiger partial charge in [0.1, 0.15) is 5.75 Å². The number of rotatable bonds is 4. The highest BCUT2D eigenvalue weighted by Gasteiger charge is 2.07. The van der Waals surface area contributed by atoms with Crippen molar-refractivity contribution in [3.8, 4) is 5.75 Å². The Labute approximate surface area is 142 Å². The van der Waals surface area contributed by atoms with Crippen LogP contribution in [0.4, 0.5) is 0 Å². The Bertz CT molecular complexity index is 898. The second-order valence-corrected chi connectivity index (χ2v) is 5.82. The molecule has 1 heterocycles. The highest BCUT2D eigenvalue weighted by molar-refractivity contribution is 9.10. The predicted molar refractivity (Wildman–Crippen MR) is 95.8 cm³/mol. The summed E-state index contributed by atoms with van der Waals surface area (Å²) >= 11 is 3.39. The molecule has 0 N–H and O–H groups in total. The summed E-state index contributed by atoms with van der Waals surface area (Å²) in [6.45, 7) is 0. The van der Waals surface area contributed by atoms with Crippen molar-refractivity contribution in [3.05, 3.63) is 76.4 Å². The molecule has 4 heteroatoms. The summed E-state index contributed by atoms with van der Waals surface area (Å²) in [7, 11) is 1.59.